The number of carbonyl (C=O) groups is 1. The third kappa shape index (κ3) is 3.30. The summed E-state index contributed by atoms with van der Waals surface area (Å²) in [6.07, 6.45) is 16.7. The lowest BCUT2D eigenvalue weighted by Crippen LogP contribution is -2.55. The van der Waals surface area contributed by atoms with Gasteiger partial charge in [-0.1, -0.05) is 40.5 Å². The largest absolute Gasteiger partial charge is 0.307 e. The highest BCUT2D eigenvalue weighted by molar-refractivity contribution is 5.51. The van der Waals surface area contributed by atoms with Crippen molar-refractivity contribution >= 4 is 6.29 Å². The maximum atomic E-state index is 10.8. The summed E-state index contributed by atoms with van der Waals surface area (Å²) >= 11 is 0. The Morgan fingerprint density at radius 3 is 2.50 bits per heavy atom. The van der Waals surface area contributed by atoms with Crippen LogP contribution in [-0.2, 0) is 4.79 Å². The fraction of sp³-hybridized carbons (Fsp3) is 0.962. The van der Waals surface area contributed by atoms with Crippen molar-refractivity contribution in [2.75, 3.05) is 6.54 Å². The summed E-state index contributed by atoms with van der Waals surface area (Å²) in [7, 11) is 0. The summed E-state index contributed by atoms with van der Waals surface area (Å²) in [5.41, 5.74) is 1.19. The summed E-state index contributed by atoms with van der Waals surface area (Å²) in [5, 5.41) is 3.50. The molecule has 0 aromatic rings. The molecule has 0 bridgehead atoms. The Labute approximate surface area is 174 Å². The quantitative estimate of drug-likeness (QED) is 0.547. The predicted octanol–water partition coefficient (Wildman–Crippen LogP) is 6.24. The molecule has 4 rings (SSSR count). The van der Waals surface area contributed by atoms with Crippen LogP contribution in [0, 0.1) is 46.3 Å². The van der Waals surface area contributed by atoms with E-state index >= 15 is 0 Å². The highest BCUT2D eigenvalue weighted by Gasteiger charge is 2.60. The molecule has 9 atom stereocenters. The van der Waals surface area contributed by atoms with Crippen LogP contribution in [0.15, 0.2) is 0 Å². The second kappa shape index (κ2) is 8.05. The average molecular weight is 388 g/mol. The first-order valence-electron chi connectivity index (χ1n) is 12.6. The second-order valence-electron chi connectivity index (χ2n) is 11.7. The summed E-state index contributed by atoms with van der Waals surface area (Å²) in [4.78, 5) is 10.8. The Morgan fingerprint density at radius 2 is 1.75 bits per heavy atom. The Balaban J connectivity index is 1.49. The van der Waals surface area contributed by atoms with Gasteiger partial charge in [-0.15, -0.1) is 0 Å². The number of nitrogens with one attached hydrogen (secondary N) is 1. The van der Waals surface area contributed by atoms with Gasteiger partial charge in [0.2, 0.25) is 0 Å². The van der Waals surface area contributed by atoms with E-state index in [1.54, 1.807) is 0 Å². The van der Waals surface area contributed by atoms with Crippen molar-refractivity contribution in [1.29, 1.82) is 0 Å². The van der Waals surface area contributed by atoms with Gasteiger partial charge in [0, 0.05) is 6.04 Å². The normalized spacial score (nSPS) is 49.0. The summed E-state index contributed by atoms with van der Waals surface area (Å²) < 4.78 is 0. The molecular weight excluding hydrogens is 342 g/mol. The van der Waals surface area contributed by atoms with Crippen LogP contribution < -0.4 is 5.32 Å². The van der Waals surface area contributed by atoms with Crippen LogP contribution in [0.3, 0.4) is 0 Å². The molecule has 0 aromatic heterocycles. The zero-order valence-corrected chi connectivity index (χ0v) is 19.0. The molecule has 0 radical (unpaired) electrons. The standard InChI is InChI=1S/C26H45NO/c1-5-6-18(2)22-9-10-23-21-8-7-19-17-20(27-15-16-28)11-13-25(19,3)24(21)12-14-26(22,23)4/h16,18-24,27H,5-15,17H2,1-4H3/t18-,19?,20?,21?,22-,23?,24?,25+,26-/m1/s1. The van der Waals surface area contributed by atoms with E-state index in [1.165, 1.54) is 70.6 Å². The maximum Gasteiger partial charge on any atom is 0.133 e. The number of rotatable bonds is 6. The minimum atomic E-state index is 0.540. The highest BCUT2D eigenvalue weighted by Crippen LogP contribution is 2.68. The van der Waals surface area contributed by atoms with Crippen LogP contribution in [0.1, 0.15) is 98.3 Å². The van der Waals surface area contributed by atoms with E-state index < -0.39 is 0 Å². The molecule has 5 unspecified atom stereocenters. The number of hydrogen-bond donors (Lipinski definition) is 1. The van der Waals surface area contributed by atoms with E-state index in [-0.39, 0.29) is 0 Å². The van der Waals surface area contributed by atoms with Gasteiger partial charge in [-0.2, -0.15) is 0 Å². The molecule has 4 aliphatic rings. The summed E-state index contributed by atoms with van der Waals surface area (Å²) in [6, 6.07) is 0.583. The lowest BCUT2D eigenvalue weighted by Gasteiger charge is -2.61. The first-order valence-corrected chi connectivity index (χ1v) is 12.6. The summed E-state index contributed by atoms with van der Waals surface area (Å²) in [5.74, 6) is 5.75. The molecule has 4 fully saturated rings. The Hall–Kier alpha value is -0.370. The molecule has 0 aromatic carbocycles. The van der Waals surface area contributed by atoms with Crippen LogP contribution in [0.2, 0.25) is 0 Å². The monoisotopic (exact) mass is 387 g/mol. The highest BCUT2D eigenvalue weighted by atomic mass is 16.1. The topological polar surface area (TPSA) is 29.1 Å². The minimum Gasteiger partial charge on any atom is -0.307 e. The Morgan fingerprint density at radius 1 is 1.00 bits per heavy atom. The van der Waals surface area contributed by atoms with Crippen LogP contribution in [0.5, 0.6) is 0 Å². The third-order valence-electron chi connectivity index (χ3n) is 10.7. The van der Waals surface area contributed by atoms with Gasteiger partial charge < -0.3 is 10.1 Å². The van der Waals surface area contributed by atoms with E-state index in [0.29, 0.717) is 23.4 Å². The minimum absolute atomic E-state index is 0.540. The molecule has 28 heavy (non-hydrogen) atoms. The fourth-order valence-electron chi connectivity index (χ4n) is 9.29. The molecule has 4 saturated carbocycles. The van der Waals surface area contributed by atoms with Gasteiger partial charge in [-0.3, -0.25) is 0 Å². The van der Waals surface area contributed by atoms with Crippen LogP contribution in [0.25, 0.3) is 0 Å². The van der Waals surface area contributed by atoms with Gasteiger partial charge in [0.25, 0.3) is 0 Å². The van der Waals surface area contributed by atoms with Crippen LogP contribution in [0.4, 0.5) is 0 Å². The van der Waals surface area contributed by atoms with Crippen molar-refractivity contribution in [3.8, 4) is 0 Å². The van der Waals surface area contributed by atoms with Gasteiger partial charge in [0.05, 0.1) is 6.54 Å². The third-order valence-corrected chi connectivity index (χ3v) is 10.7. The smallest absolute Gasteiger partial charge is 0.133 e. The van der Waals surface area contributed by atoms with Crippen molar-refractivity contribution < 1.29 is 4.79 Å². The van der Waals surface area contributed by atoms with E-state index in [2.05, 4.69) is 33.0 Å². The van der Waals surface area contributed by atoms with Gasteiger partial charge in [0.15, 0.2) is 0 Å². The number of hydrogen-bond acceptors (Lipinski definition) is 2. The van der Waals surface area contributed by atoms with Gasteiger partial charge in [0.1, 0.15) is 6.29 Å². The second-order valence-corrected chi connectivity index (χ2v) is 11.7. The lowest BCUT2D eigenvalue weighted by molar-refractivity contribution is -0.118. The zero-order chi connectivity index (χ0) is 19.9. The number of carbonyl (C=O) groups excluding carboxylic acids is 1. The van der Waals surface area contributed by atoms with Crippen molar-refractivity contribution in [2.24, 2.45) is 46.3 Å². The molecule has 4 aliphatic carbocycles. The first-order chi connectivity index (χ1) is 13.4. The summed E-state index contributed by atoms with van der Waals surface area (Å²) in [6.45, 7) is 10.8. The molecule has 2 heteroatoms. The fourth-order valence-corrected chi connectivity index (χ4v) is 9.29. The molecule has 0 saturated heterocycles. The molecule has 0 heterocycles. The lowest BCUT2D eigenvalue weighted by atomic mass is 9.44. The van der Waals surface area contributed by atoms with Crippen LogP contribution >= 0.6 is 0 Å². The molecular formula is C26H45NO. The number of aldehydes is 1. The first kappa shape index (κ1) is 20.9. The van der Waals surface area contributed by atoms with E-state index in [0.717, 1.165) is 41.8 Å². The van der Waals surface area contributed by atoms with Crippen molar-refractivity contribution in [2.45, 2.75) is 104 Å². The SMILES string of the molecule is CCC[C@@H](C)[C@H]1CCC2C3CCC4CC(NCC=O)CC[C@]4(C)C3CC[C@@]21C. The van der Waals surface area contributed by atoms with Gasteiger partial charge in [-0.25, -0.2) is 0 Å². The predicted molar refractivity (Wildman–Crippen MR) is 117 cm³/mol. The van der Waals surface area contributed by atoms with Crippen molar-refractivity contribution in [3.05, 3.63) is 0 Å². The molecule has 160 valence electrons. The van der Waals surface area contributed by atoms with Crippen LogP contribution in [-0.4, -0.2) is 18.9 Å². The average Bonchev–Trinajstić information content (AvgIpc) is 3.03. The van der Waals surface area contributed by atoms with E-state index in [4.69, 9.17) is 0 Å². The van der Waals surface area contributed by atoms with E-state index in [9.17, 15) is 4.79 Å². The Kier molecular flexibility index (Phi) is 6.00. The molecule has 0 amide bonds. The van der Waals surface area contributed by atoms with E-state index in [1.807, 2.05) is 0 Å². The molecule has 0 aliphatic heterocycles. The van der Waals surface area contributed by atoms with Gasteiger partial charge in [-0.05, 0) is 104 Å². The van der Waals surface area contributed by atoms with Gasteiger partial charge >= 0.3 is 0 Å². The zero-order valence-electron chi connectivity index (χ0n) is 19.0. The van der Waals surface area contributed by atoms with Crippen molar-refractivity contribution in [1.82, 2.24) is 5.32 Å². The number of fused-ring (bicyclic) bond motifs is 5. The maximum absolute atomic E-state index is 10.8. The van der Waals surface area contributed by atoms with Crippen molar-refractivity contribution in [3.63, 3.8) is 0 Å². The molecule has 1 N–H and O–H groups in total. The Bertz CT molecular complexity index is 561. The molecule has 2 nitrogen and oxygen atoms in total. The molecule has 0 spiro atoms.